The third-order valence-corrected chi connectivity index (χ3v) is 3.61. The van der Waals surface area contributed by atoms with Crippen LogP contribution in [-0.2, 0) is 6.42 Å². The van der Waals surface area contributed by atoms with E-state index >= 15 is 0 Å². The minimum atomic E-state index is 0.250. The van der Waals surface area contributed by atoms with Crippen molar-refractivity contribution in [2.45, 2.75) is 26.3 Å². The Balaban J connectivity index is 2.28. The number of nitrogens with zero attached hydrogens (tertiary/aromatic N) is 1. The molecule has 0 aliphatic rings. The zero-order chi connectivity index (χ0) is 13.8. The van der Waals surface area contributed by atoms with Crippen molar-refractivity contribution in [2.24, 2.45) is 0 Å². The van der Waals surface area contributed by atoms with Crippen molar-refractivity contribution in [2.75, 3.05) is 7.05 Å². The number of hydrogen-bond acceptors (Lipinski definition) is 2. The Morgan fingerprint density at radius 2 is 1.79 bits per heavy atom. The lowest BCUT2D eigenvalue weighted by Crippen LogP contribution is -2.19. The van der Waals surface area contributed by atoms with E-state index in [0.29, 0.717) is 0 Å². The van der Waals surface area contributed by atoms with Gasteiger partial charge in [0.1, 0.15) is 0 Å². The molecular formula is C16H19ClN2. The van der Waals surface area contributed by atoms with Crippen molar-refractivity contribution < 1.29 is 0 Å². The molecule has 3 heteroatoms. The topological polar surface area (TPSA) is 24.9 Å². The molecule has 0 bridgehead atoms. The van der Waals surface area contributed by atoms with Gasteiger partial charge in [-0.3, -0.25) is 4.98 Å². The fourth-order valence-electron chi connectivity index (χ4n) is 2.34. The van der Waals surface area contributed by atoms with Gasteiger partial charge in [0.15, 0.2) is 0 Å². The second-order valence-electron chi connectivity index (χ2n) is 4.82. The zero-order valence-corrected chi connectivity index (χ0v) is 12.3. The summed E-state index contributed by atoms with van der Waals surface area (Å²) in [6.07, 6.45) is 0.874. The average molecular weight is 275 g/mol. The third-order valence-electron chi connectivity index (χ3n) is 3.24. The maximum atomic E-state index is 6.24. The molecule has 19 heavy (non-hydrogen) atoms. The molecule has 0 radical (unpaired) electrons. The monoisotopic (exact) mass is 274 g/mol. The number of rotatable bonds is 4. The van der Waals surface area contributed by atoms with E-state index in [2.05, 4.69) is 28.5 Å². The molecule has 1 atom stereocenters. The van der Waals surface area contributed by atoms with Gasteiger partial charge in [0, 0.05) is 22.5 Å². The highest BCUT2D eigenvalue weighted by atomic mass is 35.5. The molecule has 2 nitrogen and oxygen atoms in total. The van der Waals surface area contributed by atoms with Crippen LogP contribution in [0.15, 0.2) is 36.4 Å². The van der Waals surface area contributed by atoms with E-state index in [9.17, 15) is 0 Å². The van der Waals surface area contributed by atoms with Gasteiger partial charge < -0.3 is 5.32 Å². The van der Waals surface area contributed by atoms with E-state index in [-0.39, 0.29) is 6.04 Å². The Labute approximate surface area is 119 Å². The van der Waals surface area contributed by atoms with Crippen LogP contribution < -0.4 is 5.32 Å². The number of aromatic nitrogens is 1. The molecule has 0 aliphatic carbocycles. The number of likely N-dealkylation sites (N-methyl/N-ethyl adjacent to an activating group) is 1. The van der Waals surface area contributed by atoms with Crippen LogP contribution in [0.4, 0.5) is 0 Å². The fraction of sp³-hybridized carbons (Fsp3) is 0.312. The maximum Gasteiger partial charge on any atom is 0.0438 e. The van der Waals surface area contributed by atoms with Gasteiger partial charge in [-0.2, -0.15) is 0 Å². The molecule has 1 aromatic carbocycles. The van der Waals surface area contributed by atoms with Crippen LogP contribution >= 0.6 is 11.6 Å². The molecule has 100 valence electrons. The van der Waals surface area contributed by atoms with Gasteiger partial charge in [0.25, 0.3) is 0 Å². The minimum absolute atomic E-state index is 0.250. The molecule has 0 spiro atoms. The maximum absolute atomic E-state index is 6.24. The summed E-state index contributed by atoms with van der Waals surface area (Å²) in [6, 6.07) is 12.5. The Kier molecular flexibility index (Phi) is 4.56. The highest BCUT2D eigenvalue weighted by Gasteiger charge is 2.13. The first kappa shape index (κ1) is 14.0. The highest BCUT2D eigenvalue weighted by molar-refractivity contribution is 6.31. The van der Waals surface area contributed by atoms with Gasteiger partial charge in [-0.25, -0.2) is 0 Å². The summed E-state index contributed by atoms with van der Waals surface area (Å²) < 4.78 is 0. The summed E-state index contributed by atoms with van der Waals surface area (Å²) in [7, 11) is 1.98. The molecule has 1 N–H and O–H groups in total. The van der Waals surface area contributed by atoms with E-state index in [4.69, 9.17) is 11.6 Å². The lowest BCUT2D eigenvalue weighted by molar-refractivity contribution is 0.590. The third kappa shape index (κ3) is 3.55. The summed E-state index contributed by atoms with van der Waals surface area (Å²) in [4.78, 5) is 4.42. The first-order valence-corrected chi connectivity index (χ1v) is 6.84. The fourth-order valence-corrected chi connectivity index (χ4v) is 2.55. The Morgan fingerprint density at radius 3 is 2.37 bits per heavy atom. The Hall–Kier alpha value is -1.38. The largest absolute Gasteiger partial charge is 0.313 e. The van der Waals surface area contributed by atoms with Crippen LogP contribution in [0.3, 0.4) is 0 Å². The van der Waals surface area contributed by atoms with Gasteiger partial charge >= 0.3 is 0 Å². The number of benzene rings is 1. The van der Waals surface area contributed by atoms with Crippen LogP contribution in [0.2, 0.25) is 5.02 Å². The van der Waals surface area contributed by atoms with Crippen LogP contribution in [0.5, 0.6) is 0 Å². The SMILES string of the molecule is CNC(Cc1ccccc1Cl)c1cc(C)nc(C)c1. The predicted molar refractivity (Wildman–Crippen MR) is 80.7 cm³/mol. The molecule has 0 fully saturated rings. The van der Waals surface area contributed by atoms with Gasteiger partial charge in [0.2, 0.25) is 0 Å². The van der Waals surface area contributed by atoms with Crippen molar-refractivity contribution in [3.63, 3.8) is 0 Å². The van der Waals surface area contributed by atoms with Crippen molar-refractivity contribution in [1.82, 2.24) is 10.3 Å². The molecule has 0 aliphatic heterocycles. The Morgan fingerprint density at radius 1 is 1.16 bits per heavy atom. The summed E-state index contributed by atoms with van der Waals surface area (Å²) >= 11 is 6.24. The summed E-state index contributed by atoms with van der Waals surface area (Å²) in [5, 5.41) is 4.19. The quantitative estimate of drug-likeness (QED) is 0.916. The molecule has 1 unspecified atom stereocenters. The van der Waals surface area contributed by atoms with Crippen LogP contribution in [0.1, 0.15) is 28.6 Å². The zero-order valence-electron chi connectivity index (χ0n) is 11.6. The van der Waals surface area contributed by atoms with Crippen LogP contribution in [0.25, 0.3) is 0 Å². The first-order chi connectivity index (χ1) is 9.10. The smallest absolute Gasteiger partial charge is 0.0438 e. The van der Waals surface area contributed by atoms with Gasteiger partial charge in [-0.05, 0) is 56.6 Å². The van der Waals surface area contributed by atoms with Crippen molar-refractivity contribution >= 4 is 11.6 Å². The molecule has 0 amide bonds. The van der Waals surface area contributed by atoms with E-state index in [1.165, 1.54) is 5.56 Å². The molecule has 0 saturated heterocycles. The standard InChI is InChI=1S/C16H19ClN2/c1-11-8-14(9-12(2)19-11)16(18-3)10-13-6-4-5-7-15(13)17/h4-9,16,18H,10H2,1-3H3. The van der Waals surface area contributed by atoms with Gasteiger partial charge in [-0.1, -0.05) is 29.8 Å². The highest BCUT2D eigenvalue weighted by Crippen LogP contribution is 2.24. The predicted octanol–water partition coefficient (Wildman–Crippen LogP) is 3.86. The van der Waals surface area contributed by atoms with Crippen LogP contribution in [0, 0.1) is 13.8 Å². The summed E-state index contributed by atoms with van der Waals surface area (Å²) in [5.41, 5.74) is 4.52. The summed E-state index contributed by atoms with van der Waals surface area (Å²) in [6.45, 7) is 4.05. The second-order valence-corrected chi connectivity index (χ2v) is 5.23. The normalized spacial score (nSPS) is 12.4. The number of aryl methyl sites for hydroxylation is 2. The molecule has 1 heterocycles. The van der Waals surface area contributed by atoms with E-state index in [1.807, 2.05) is 39.1 Å². The molecule has 1 aromatic heterocycles. The minimum Gasteiger partial charge on any atom is -0.313 e. The van der Waals surface area contributed by atoms with E-state index in [1.54, 1.807) is 0 Å². The molecule has 0 saturated carbocycles. The molecule has 2 aromatic rings. The van der Waals surface area contributed by atoms with Crippen molar-refractivity contribution in [1.29, 1.82) is 0 Å². The van der Waals surface area contributed by atoms with E-state index < -0.39 is 0 Å². The number of hydrogen-bond donors (Lipinski definition) is 1. The lowest BCUT2D eigenvalue weighted by atomic mass is 9.98. The molecular weight excluding hydrogens is 256 g/mol. The number of nitrogens with one attached hydrogen (secondary N) is 1. The number of pyridine rings is 1. The lowest BCUT2D eigenvalue weighted by Gasteiger charge is -2.18. The summed E-state index contributed by atoms with van der Waals surface area (Å²) in [5.74, 6) is 0. The van der Waals surface area contributed by atoms with Gasteiger partial charge in [0.05, 0.1) is 0 Å². The van der Waals surface area contributed by atoms with Gasteiger partial charge in [-0.15, -0.1) is 0 Å². The van der Waals surface area contributed by atoms with E-state index in [0.717, 1.165) is 28.4 Å². The Bertz CT molecular complexity index is 546. The van der Waals surface area contributed by atoms with Crippen molar-refractivity contribution in [3.05, 3.63) is 63.9 Å². The number of halogens is 1. The average Bonchev–Trinajstić information content (AvgIpc) is 2.36. The first-order valence-electron chi connectivity index (χ1n) is 6.46. The van der Waals surface area contributed by atoms with Crippen molar-refractivity contribution in [3.8, 4) is 0 Å². The van der Waals surface area contributed by atoms with Crippen LogP contribution in [-0.4, -0.2) is 12.0 Å². The molecule has 2 rings (SSSR count). The second kappa shape index (κ2) is 6.18.